The highest BCUT2D eigenvalue weighted by atomic mass is 16.7. The number of ether oxygens (including phenoxy) is 4. The van der Waals surface area contributed by atoms with Gasteiger partial charge in [0.2, 0.25) is 0 Å². The smallest absolute Gasteiger partial charge is 0.361 e. The number of nitrogens with zero attached hydrogens (tertiary/aromatic N) is 1. The van der Waals surface area contributed by atoms with E-state index in [1.807, 2.05) is 21.1 Å². The average Bonchev–Trinajstić information content (AvgIpc) is 3.58. The summed E-state index contributed by atoms with van der Waals surface area (Å²) in [6.45, 7) is 4.65. The highest BCUT2D eigenvalue weighted by molar-refractivity contribution is 5.71. The maximum absolute atomic E-state index is 13.0. The van der Waals surface area contributed by atoms with E-state index in [1.54, 1.807) is 0 Å². The van der Waals surface area contributed by atoms with Gasteiger partial charge in [-0.25, -0.2) is 4.79 Å². The maximum Gasteiger partial charge on any atom is 0.361 e. The Labute approximate surface area is 584 Å². The Hall–Kier alpha value is -5.09. The third-order valence-electron chi connectivity index (χ3n) is 16.3. The SMILES string of the molecule is CC/C=C\C/C=C\C/C=C\C/C=C\C/C=C\C/C=C\C/C=C\C/C=C\C/C=C\CCCCCCCCCC(=O)OC(COC(=O)CCCCCCCCCCCCCCCCCCCCCCCC/C=C\C/C=C\C/C=C\C/C=C\CC)COC(OCC[N+](C)(C)C)C(=O)O. The van der Waals surface area contributed by atoms with E-state index in [1.165, 1.54) is 148 Å². The van der Waals surface area contributed by atoms with E-state index < -0.39 is 24.3 Å². The summed E-state index contributed by atoms with van der Waals surface area (Å²) in [7, 11) is 5.97. The molecule has 0 fully saturated rings. The molecule has 0 aromatic rings. The van der Waals surface area contributed by atoms with Gasteiger partial charge in [-0.05, 0) is 122 Å². The number of allylic oxidation sites excluding steroid dienone is 26. The van der Waals surface area contributed by atoms with Gasteiger partial charge in [0.05, 0.1) is 34.4 Å². The lowest BCUT2D eigenvalue weighted by Crippen LogP contribution is -2.40. The standard InChI is InChI=1S/C86H143NO8/c1-6-8-10-12-14-16-18-20-22-24-26-28-30-32-34-36-38-40-42-44-46-48-50-52-54-56-58-60-62-64-66-68-70-72-74-76-83(88)93-80-82(81-94-86(85(90)91)92-79-78-87(3,4)5)95-84(89)77-75-73-71-69-67-65-63-61-59-57-55-53-51-49-47-45-43-41-39-37-35-33-31-29-27-25-23-21-19-17-15-13-11-9-7-2/h8-11,14-17,20-23,26-29,33,35,39,41,45,47,51,53,57,59,82,86H,6-7,12-13,18-19,24-25,30-32,34,36-38,40,42-44,46,48-50,52,54-56,58,60-81H2,1-5H3/p+1/b10-8-,11-9-,16-14-,17-15-,22-20-,23-21-,28-26-,29-27-,35-33-,41-39-,47-45-,53-51-,59-57-. The fourth-order valence-electron chi connectivity index (χ4n) is 10.5. The van der Waals surface area contributed by atoms with Crippen molar-refractivity contribution in [2.75, 3.05) is 47.5 Å². The molecular weight excluding hydrogens is 1170 g/mol. The Bertz CT molecular complexity index is 2130. The molecule has 95 heavy (non-hydrogen) atoms. The summed E-state index contributed by atoms with van der Waals surface area (Å²) < 4.78 is 23.0. The number of carboxylic acids is 1. The molecule has 0 amide bonds. The van der Waals surface area contributed by atoms with Crippen LogP contribution in [0.15, 0.2) is 158 Å². The molecule has 0 aromatic carbocycles. The van der Waals surface area contributed by atoms with Crippen molar-refractivity contribution < 1.29 is 42.9 Å². The number of likely N-dealkylation sites (N-methyl/N-ethyl adjacent to an activating group) is 1. The number of carbonyl (C=O) groups excluding carboxylic acids is 2. The second kappa shape index (κ2) is 74.7. The Morgan fingerprint density at radius 3 is 0.842 bits per heavy atom. The molecule has 0 saturated heterocycles. The number of hydrogen-bond acceptors (Lipinski definition) is 7. The van der Waals surface area contributed by atoms with Gasteiger partial charge >= 0.3 is 17.9 Å². The van der Waals surface area contributed by atoms with Crippen molar-refractivity contribution in [2.24, 2.45) is 0 Å². The quantitative estimate of drug-likeness (QED) is 0.0211. The van der Waals surface area contributed by atoms with Crippen LogP contribution in [0.25, 0.3) is 0 Å². The molecule has 2 atom stereocenters. The topological polar surface area (TPSA) is 108 Å². The minimum atomic E-state index is -1.52. The zero-order valence-electron chi connectivity index (χ0n) is 61.8. The van der Waals surface area contributed by atoms with E-state index in [2.05, 4.69) is 172 Å². The molecular formula is C86H144NO8+. The molecule has 0 rings (SSSR count). The lowest BCUT2D eigenvalue weighted by molar-refractivity contribution is -0.870. The molecule has 1 N–H and O–H groups in total. The van der Waals surface area contributed by atoms with Crippen LogP contribution in [0.3, 0.4) is 0 Å². The molecule has 0 radical (unpaired) electrons. The maximum atomic E-state index is 13.0. The lowest BCUT2D eigenvalue weighted by atomic mass is 10.0. The van der Waals surface area contributed by atoms with Gasteiger partial charge in [-0.15, -0.1) is 0 Å². The normalized spacial score (nSPS) is 13.6. The van der Waals surface area contributed by atoms with Crippen LogP contribution in [-0.2, 0) is 33.3 Å². The Kier molecular flexibility index (Phi) is 70.7. The van der Waals surface area contributed by atoms with Gasteiger partial charge in [-0.2, -0.15) is 0 Å². The summed E-state index contributed by atoms with van der Waals surface area (Å²) in [5.74, 6) is -2.02. The van der Waals surface area contributed by atoms with Crippen LogP contribution in [-0.4, -0.2) is 87.4 Å². The van der Waals surface area contributed by atoms with Gasteiger partial charge in [0.1, 0.15) is 13.2 Å². The molecule has 0 bridgehead atoms. The van der Waals surface area contributed by atoms with E-state index in [0.717, 1.165) is 128 Å². The minimum Gasteiger partial charge on any atom is -0.477 e. The Morgan fingerprint density at radius 2 is 0.568 bits per heavy atom. The van der Waals surface area contributed by atoms with Crippen molar-refractivity contribution in [3.63, 3.8) is 0 Å². The minimum absolute atomic E-state index is 0.179. The van der Waals surface area contributed by atoms with E-state index >= 15 is 0 Å². The molecule has 0 aliphatic carbocycles. The molecule has 0 spiro atoms. The van der Waals surface area contributed by atoms with Crippen molar-refractivity contribution in [1.82, 2.24) is 0 Å². The molecule has 0 aromatic heterocycles. The predicted molar refractivity (Wildman–Crippen MR) is 410 cm³/mol. The molecule has 2 unspecified atom stereocenters. The second-order valence-corrected chi connectivity index (χ2v) is 26.6. The van der Waals surface area contributed by atoms with Crippen LogP contribution in [0.2, 0.25) is 0 Å². The number of quaternary nitrogens is 1. The number of unbranched alkanes of at least 4 members (excludes halogenated alkanes) is 29. The van der Waals surface area contributed by atoms with Crippen LogP contribution in [0.4, 0.5) is 0 Å². The highest BCUT2D eigenvalue weighted by Gasteiger charge is 2.25. The van der Waals surface area contributed by atoms with E-state index in [9.17, 15) is 19.5 Å². The molecule has 0 aliphatic heterocycles. The highest BCUT2D eigenvalue weighted by Crippen LogP contribution is 2.18. The average molecular weight is 1320 g/mol. The van der Waals surface area contributed by atoms with Crippen LogP contribution in [0.5, 0.6) is 0 Å². The van der Waals surface area contributed by atoms with E-state index in [4.69, 9.17) is 18.9 Å². The van der Waals surface area contributed by atoms with Crippen LogP contribution < -0.4 is 0 Å². The molecule has 0 aliphatic rings. The second-order valence-electron chi connectivity index (χ2n) is 26.6. The predicted octanol–water partition coefficient (Wildman–Crippen LogP) is 24.8. The van der Waals surface area contributed by atoms with Gasteiger partial charge < -0.3 is 28.5 Å². The van der Waals surface area contributed by atoms with Crippen molar-refractivity contribution >= 4 is 17.9 Å². The van der Waals surface area contributed by atoms with Crippen molar-refractivity contribution in [1.29, 1.82) is 0 Å². The molecule has 0 heterocycles. The zero-order chi connectivity index (χ0) is 69.0. The van der Waals surface area contributed by atoms with E-state index in [-0.39, 0.29) is 32.2 Å². The Balaban J connectivity index is 4.11. The van der Waals surface area contributed by atoms with Crippen LogP contribution in [0, 0.1) is 0 Å². The number of carboxylic acid groups (broad SMARTS) is 1. The van der Waals surface area contributed by atoms with Gasteiger partial charge in [0, 0.05) is 12.8 Å². The Morgan fingerprint density at radius 1 is 0.316 bits per heavy atom. The molecule has 9 heteroatoms. The zero-order valence-corrected chi connectivity index (χ0v) is 61.8. The monoisotopic (exact) mass is 1320 g/mol. The number of rotatable bonds is 70. The first-order valence-electron chi connectivity index (χ1n) is 38.6. The largest absolute Gasteiger partial charge is 0.477 e. The summed E-state index contributed by atoms with van der Waals surface area (Å²) in [5, 5.41) is 9.77. The summed E-state index contributed by atoms with van der Waals surface area (Å²) in [4.78, 5) is 37.7. The van der Waals surface area contributed by atoms with Gasteiger partial charge in [0.15, 0.2) is 6.10 Å². The summed E-state index contributed by atoms with van der Waals surface area (Å²) in [6.07, 6.45) is 108. The molecule has 540 valence electrons. The van der Waals surface area contributed by atoms with Crippen molar-refractivity contribution in [3.8, 4) is 0 Å². The number of esters is 2. The van der Waals surface area contributed by atoms with E-state index in [0.29, 0.717) is 23.9 Å². The van der Waals surface area contributed by atoms with Gasteiger partial charge in [-0.1, -0.05) is 332 Å². The number of hydrogen-bond donors (Lipinski definition) is 1. The van der Waals surface area contributed by atoms with Crippen molar-refractivity contribution in [2.45, 2.75) is 322 Å². The fourth-order valence-corrected chi connectivity index (χ4v) is 10.5. The number of aliphatic carboxylic acids is 1. The first-order chi connectivity index (χ1) is 46.6. The first kappa shape index (κ1) is 89.9. The summed E-state index contributed by atoms with van der Waals surface area (Å²) in [5.41, 5.74) is 0. The third-order valence-corrected chi connectivity index (χ3v) is 16.3. The van der Waals surface area contributed by atoms with Crippen LogP contribution >= 0.6 is 0 Å². The summed E-state index contributed by atoms with van der Waals surface area (Å²) >= 11 is 0. The van der Waals surface area contributed by atoms with Gasteiger partial charge in [0.25, 0.3) is 6.29 Å². The summed E-state index contributed by atoms with van der Waals surface area (Å²) in [6, 6.07) is 0. The lowest BCUT2D eigenvalue weighted by Gasteiger charge is -2.25. The molecule has 0 saturated carbocycles. The first-order valence-corrected chi connectivity index (χ1v) is 38.6. The van der Waals surface area contributed by atoms with Crippen LogP contribution in [0.1, 0.15) is 309 Å². The fraction of sp³-hybridized carbons (Fsp3) is 0.663. The van der Waals surface area contributed by atoms with Crippen molar-refractivity contribution in [3.05, 3.63) is 158 Å². The third kappa shape index (κ3) is 76.1. The molecule has 9 nitrogen and oxygen atoms in total. The van der Waals surface area contributed by atoms with Gasteiger partial charge in [-0.3, -0.25) is 9.59 Å². The number of carbonyl (C=O) groups is 3.